The van der Waals surface area contributed by atoms with Gasteiger partial charge in [-0.05, 0) is 18.6 Å². The van der Waals surface area contributed by atoms with Crippen molar-refractivity contribution in [3.8, 4) is 0 Å². The number of aromatic nitrogens is 1. The maximum Gasteiger partial charge on any atom is 0.243 e. The Hall–Kier alpha value is -0.690. The molecule has 2 rings (SSSR count). The van der Waals surface area contributed by atoms with Crippen molar-refractivity contribution >= 4 is 21.6 Å². The van der Waals surface area contributed by atoms with Gasteiger partial charge in [-0.2, -0.15) is 4.31 Å². The van der Waals surface area contributed by atoms with E-state index in [1.54, 1.807) is 0 Å². The zero-order valence-electron chi connectivity index (χ0n) is 10.9. The SMILES string of the molecule is CC1(C)CN(S(=O)(=O)c2ccnc(Cl)c2)CCC1O. The number of hydrogen-bond donors (Lipinski definition) is 1. The average molecular weight is 305 g/mol. The van der Waals surface area contributed by atoms with Crippen LogP contribution in [-0.4, -0.2) is 42.0 Å². The molecule has 0 radical (unpaired) electrons. The van der Waals surface area contributed by atoms with Crippen LogP contribution in [0.5, 0.6) is 0 Å². The van der Waals surface area contributed by atoms with Crippen LogP contribution in [0.15, 0.2) is 23.2 Å². The van der Waals surface area contributed by atoms with Gasteiger partial charge >= 0.3 is 0 Å². The zero-order valence-corrected chi connectivity index (χ0v) is 12.4. The fourth-order valence-corrected chi connectivity index (χ4v) is 4.07. The Morgan fingerprint density at radius 3 is 2.79 bits per heavy atom. The minimum Gasteiger partial charge on any atom is -0.392 e. The van der Waals surface area contributed by atoms with Crippen LogP contribution in [0.25, 0.3) is 0 Å². The molecule has 7 heteroatoms. The third-order valence-electron chi connectivity index (χ3n) is 3.47. The normalized spacial score (nSPS) is 24.3. The van der Waals surface area contributed by atoms with E-state index in [4.69, 9.17) is 11.6 Å². The maximum atomic E-state index is 12.5. The molecule has 1 saturated heterocycles. The number of aliphatic hydroxyl groups is 1. The maximum absolute atomic E-state index is 12.5. The standard InChI is InChI=1S/C12H17ClN2O3S/c1-12(2)8-15(6-4-10(12)16)19(17,18)9-3-5-14-11(13)7-9/h3,5,7,10,16H,4,6,8H2,1-2H3. The summed E-state index contributed by atoms with van der Waals surface area (Å²) in [6.45, 7) is 4.32. The molecule has 19 heavy (non-hydrogen) atoms. The van der Waals surface area contributed by atoms with E-state index in [0.717, 1.165) is 0 Å². The van der Waals surface area contributed by atoms with Gasteiger partial charge in [-0.3, -0.25) is 0 Å². The molecule has 1 aromatic heterocycles. The van der Waals surface area contributed by atoms with Gasteiger partial charge in [0.15, 0.2) is 0 Å². The van der Waals surface area contributed by atoms with Crippen LogP contribution in [0.1, 0.15) is 20.3 Å². The quantitative estimate of drug-likeness (QED) is 0.841. The van der Waals surface area contributed by atoms with Crippen LogP contribution >= 0.6 is 11.6 Å². The van der Waals surface area contributed by atoms with Gasteiger partial charge in [0.05, 0.1) is 11.0 Å². The highest BCUT2D eigenvalue weighted by Crippen LogP contribution is 2.32. The highest BCUT2D eigenvalue weighted by molar-refractivity contribution is 7.89. The van der Waals surface area contributed by atoms with Gasteiger partial charge < -0.3 is 5.11 Å². The Bertz CT molecular complexity index is 574. The van der Waals surface area contributed by atoms with Gasteiger partial charge in [-0.25, -0.2) is 13.4 Å². The topological polar surface area (TPSA) is 70.5 Å². The smallest absolute Gasteiger partial charge is 0.243 e. The fraction of sp³-hybridized carbons (Fsp3) is 0.583. The van der Waals surface area contributed by atoms with Gasteiger partial charge in [-0.1, -0.05) is 25.4 Å². The molecule has 0 saturated carbocycles. The number of hydrogen-bond acceptors (Lipinski definition) is 4. The second-order valence-corrected chi connectivity index (χ2v) is 7.77. The second kappa shape index (κ2) is 5.01. The molecule has 0 bridgehead atoms. The molecular formula is C12H17ClN2O3S. The summed E-state index contributed by atoms with van der Waals surface area (Å²) in [5, 5.41) is 10.0. The Morgan fingerprint density at radius 1 is 1.53 bits per heavy atom. The molecule has 1 aromatic rings. The molecule has 1 N–H and O–H groups in total. The lowest BCUT2D eigenvalue weighted by atomic mass is 9.82. The summed E-state index contributed by atoms with van der Waals surface area (Å²) in [6, 6.07) is 2.77. The summed E-state index contributed by atoms with van der Waals surface area (Å²) in [5.74, 6) is 0. The van der Waals surface area contributed by atoms with Crippen LogP contribution in [-0.2, 0) is 10.0 Å². The lowest BCUT2D eigenvalue weighted by Crippen LogP contribution is -2.50. The van der Waals surface area contributed by atoms with Crippen molar-refractivity contribution in [2.75, 3.05) is 13.1 Å². The third kappa shape index (κ3) is 2.91. The first-order valence-electron chi connectivity index (χ1n) is 6.03. The molecule has 1 fully saturated rings. The summed E-state index contributed by atoms with van der Waals surface area (Å²) in [5.41, 5.74) is -0.456. The molecule has 1 atom stereocenters. The minimum atomic E-state index is -3.58. The molecule has 0 aromatic carbocycles. The Labute approximate surface area is 118 Å². The Kier molecular flexibility index (Phi) is 3.88. The van der Waals surface area contributed by atoms with Gasteiger partial charge in [0.25, 0.3) is 0 Å². The van der Waals surface area contributed by atoms with Crippen LogP contribution in [0.3, 0.4) is 0 Å². The first-order valence-corrected chi connectivity index (χ1v) is 7.85. The summed E-state index contributed by atoms with van der Waals surface area (Å²) in [6.07, 6.45) is 1.32. The van der Waals surface area contributed by atoms with Gasteiger partial charge in [0.2, 0.25) is 10.0 Å². The van der Waals surface area contributed by atoms with Crippen molar-refractivity contribution in [1.82, 2.24) is 9.29 Å². The number of nitrogens with zero attached hydrogens (tertiary/aromatic N) is 2. The monoisotopic (exact) mass is 304 g/mol. The fourth-order valence-electron chi connectivity index (χ4n) is 2.20. The van der Waals surface area contributed by atoms with Crippen molar-refractivity contribution in [3.63, 3.8) is 0 Å². The van der Waals surface area contributed by atoms with E-state index in [0.29, 0.717) is 13.0 Å². The van der Waals surface area contributed by atoms with Gasteiger partial charge in [-0.15, -0.1) is 0 Å². The van der Waals surface area contributed by atoms with Crippen LogP contribution in [0.2, 0.25) is 5.15 Å². The number of halogens is 1. The number of piperidine rings is 1. The molecule has 1 aliphatic heterocycles. The molecule has 106 valence electrons. The van der Waals surface area contributed by atoms with Crippen molar-refractivity contribution in [2.45, 2.75) is 31.3 Å². The lowest BCUT2D eigenvalue weighted by Gasteiger charge is -2.40. The van der Waals surface area contributed by atoms with Crippen LogP contribution < -0.4 is 0 Å². The Morgan fingerprint density at radius 2 is 2.21 bits per heavy atom. The van der Waals surface area contributed by atoms with Crippen LogP contribution in [0, 0.1) is 5.41 Å². The predicted molar refractivity (Wildman–Crippen MR) is 72.4 cm³/mol. The lowest BCUT2D eigenvalue weighted by molar-refractivity contribution is -0.000314. The second-order valence-electron chi connectivity index (χ2n) is 5.45. The van der Waals surface area contributed by atoms with E-state index >= 15 is 0 Å². The summed E-state index contributed by atoms with van der Waals surface area (Å²) >= 11 is 5.73. The molecule has 5 nitrogen and oxygen atoms in total. The number of aliphatic hydroxyl groups excluding tert-OH is 1. The number of sulfonamides is 1. The summed E-state index contributed by atoms with van der Waals surface area (Å²) in [4.78, 5) is 3.92. The van der Waals surface area contributed by atoms with Crippen molar-refractivity contribution < 1.29 is 13.5 Å². The van der Waals surface area contributed by atoms with E-state index in [1.165, 1.54) is 22.6 Å². The zero-order chi connectivity index (χ0) is 14.3. The molecule has 2 heterocycles. The van der Waals surface area contributed by atoms with Gasteiger partial charge in [0.1, 0.15) is 5.15 Å². The highest BCUT2D eigenvalue weighted by atomic mass is 35.5. The van der Waals surface area contributed by atoms with E-state index in [-0.39, 0.29) is 16.6 Å². The molecule has 1 unspecified atom stereocenters. The van der Waals surface area contributed by atoms with E-state index in [1.807, 2.05) is 13.8 Å². The van der Waals surface area contributed by atoms with E-state index in [2.05, 4.69) is 4.98 Å². The van der Waals surface area contributed by atoms with Crippen molar-refractivity contribution in [3.05, 3.63) is 23.5 Å². The Balaban J connectivity index is 2.31. The van der Waals surface area contributed by atoms with E-state index < -0.39 is 21.5 Å². The first-order chi connectivity index (χ1) is 8.73. The summed E-state index contributed by atoms with van der Waals surface area (Å²) in [7, 11) is -3.58. The average Bonchev–Trinajstić information content (AvgIpc) is 2.32. The largest absolute Gasteiger partial charge is 0.392 e. The van der Waals surface area contributed by atoms with E-state index in [9.17, 15) is 13.5 Å². The highest BCUT2D eigenvalue weighted by Gasteiger charge is 2.39. The molecule has 0 aliphatic carbocycles. The molecule has 1 aliphatic rings. The summed E-state index contributed by atoms with van der Waals surface area (Å²) < 4.78 is 26.4. The molecular weight excluding hydrogens is 288 g/mol. The van der Waals surface area contributed by atoms with Crippen molar-refractivity contribution in [2.24, 2.45) is 5.41 Å². The van der Waals surface area contributed by atoms with Gasteiger partial charge in [0, 0.05) is 24.7 Å². The third-order valence-corrected chi connectivity index (χ3v) is 5.52. The van der Waals surface area contributed by atoms with Crippen LogP contribution in [0.4, 0.5) is 0 Å². The molecule has 0 spiro atoms. The first kappa shape index (κ1) is 14.7. The number of pyridine rings is 1. The van der Waals surface area contributed by atoms with Crippen molar-refractivity contribution in [1.29, 1.82) is 0 Å². The predicted octanol–water partition coefficient (Wildman–Crippen LogP) is 1.52. The molecule has 0 amide bonds. The number of rotatable bonds is 2. The minimum absolute atomic E-state index is 0.139.